The van der Waals surface area contributed by atoms with E-state index in [0.717, 1.165) is 30.4 Å². The van der Waals surface area contributed by atoms with E-state index in [1.54, 1.807) is 18.6 Å². The van der Waals surface area contributed by atoms with Gasteiger partial charge >= 0.3 is 5.97 Å². The second-order valence-electron chi connectivity index (χ2n) is 10.8. The number of aliphatic hydroxyl groups excluding tert-OH is 2. The summed E-state index contributed by atoms with van der Waals surface area (Å²) in [4.78, 5) is 25.1. The molecular weight excluding hydrogens is 408 g/mol. The fourth-order valence-electron chi connectivity index (χ4n) is 8.05. The molecule has 0 radical (unpaired) electrons. The number of carbonyl (C=O) groups is 2. The molecule has 9 atom stereocenters. The maximum absolute atomic E-state index is 13.4. The van der Waals surface area contributed by atoms with Gasteiger partial charge in [0.15, 0.2) is 5.78 Å². The van der Waals surface area contributed by atoms with Gasteiger partial charge < -0.3 is 19.4 Å². The predicted molar refractivity (Wildman–Crippen MR) is 116 cm³/mol. The Bertz CT molecular complexity index is 1010. The SMILES string of the molecule is CC(=O)OC1C=CC(=O)C2(C)C1C(O)C(O)C1(C)C3=CCC(c4ccoc4)C3(C)CCC12. The molecule has 1 heterocycles. The summed E-state index contributed by atoms with van der Waals surface area (Å²) in [5.74, 6) is -1.17. The number of ketones is 1. The van der Waals surface area contributed by atoms with Gasteiger partial charge in [0.2, 0.25) is 0 Å². The number of aliphatic hydroxyl groups is 2. The van der Waals surface area contributed by atoms with E-state index in [4.69, 9.17) is 9.15 Å². The Labute approximate surface area is 188 Å². The molecule has 1 aromatic rings. The van der Waals surface area contributed by atoms with E-state index in [1.807, 2.05) is 19.9 Å². The smallest absolute Gasteiger partial charge is 0.303 e. The van der Waals surface area contributed by atoms with Gasteiger partial charge in [-0.1, -0.05) is 32.4 Å². The lowest BCUT2D eigenvalue weighted by atomic mass is 9.39. The average Bonchev–Trinajstić information content (AvgIpc) is 3.36. The predicted octanol–water partition coefficient (Wildman–Crippen LogP) is 3.54. The van der Waals surface area contributed by atoms with Gasteiger partial charge in [0.25, 0.3) is 0 Å². The van der Waals surface area contributed by atoms with Crippen molar-refractivity contribution in [3.8, 4) is 0 Å². The largest absolute Gasteiger partial charge is 0.472 e. The van der Waals surface area contributed by atoms with E-state index in [2.05, 4.69) is 13.0 Å². The lowest BCUT2D eigenvalue weighted by Crippen LogP contribution is -2.70. The van der Waals surface area contributed by atoms with Crippen molar-refractivity contribution in [2.45, 2.75) is 71.2 Å². The molecule has 0 aliphatic heterocycles. The fourth-order valence-corrected chi connectivity index (χ4v) is 8.05. The van der Waals surface area contributed by atoms with Crippen molar-refractivity contribution in [3.63, 3.8) is 0 Å². The first-order chi connectivity index (χ1) is 15.1. The van der Waals surface area contributed by atoms with E-state index in [1.165, 1.54) is 13.0 Å². The van der Waals surface area contributed by atoms with Crippen molar-refractivity contribution in [3.05, 3.63) is 48.0 Å². The summed E-state index contributed by atoms with van der Waals surface area (Å²) >= 11 is 0. The van der Waals surface area contributed by atoms with Crippen LogP contribution in [0.1, 0.15) is 58.4 Å². The molecule has 1 aromatic heterocycles. The summed E-state index contributed by atoms with van der Waals surface area (Å²) in [6.07, 6.45) is 8.20. The number of carbonyl (C=O) groups excluding carboxylic acids is 2. The number of fused-ring (bicyclic) bond motifs is 5. The number of esters is 1. The maximum Gasteiger partial charge on any atom is 0.303 e. The van der Waals surface area contributed by atoms with Gasteiger partial charge in [0.05, 0.1) is 24.7 Å². The van der Waals surface area contributed by atoms with Crippen molar-refractivity contribution in [1.82, 2.24) is 0 Å². The van der Waals surface area contributed by atoms with Gasteiger partial charge in [-0.3, -0.25) is 9.59 Å². The van der Waals surface area contributed by atoms with Crippen LogP contribution in [-0.2, 0) is 14.3 Å². The number of ether oxygens (including phenoxy) is 1. The Hall–Kier alpha value is -2.18. The zero-order valence-electron chi connectivity index (χ0n) is 19.1. The zero-order valence-corrected chi connectivity index (χ0v) is 19.1. The van der Waals surface area contributed by atoms with Gasteiger partial charge in [-0.15, -0.1) is 0 Å². The number of rotatable bonds is 2. The van der Waals surface area contributed by atoms with Gasteiger partial charge in [-0.05, 0) is 60.3 Å². The van der Waals surface area contributed by atoms with Crippen molar-refractivity contribution >= 4 is 11.8 Å². The first-order valence-corrected chi connectivity index (χ1v) is 11.6. The van der Waals surface area contributed by atoms with Crippen LogP contribution in [0, 0.1) is 28.1 Å². The van der Waals surface area contributed by atoms with E-state index >= 15 is 0 Å². The average molecular weight is 441 g/mol. The summed E-state index contributed by atoms with van der Waals surface area (Å²) in [6, 6.07) is 2.00. The molecule has 2 saturated carbocycles. The highest BCUT2D eigenvalue weighted by molar-refractivity contribution is 5.97. The molecule has 4 aliphatic rings. The quantitative estimate of drug-likeness (QED) is 0.539. The minimum atomic E-state index is -1.20. The first kappa shape index (κ1) is 21.7. The third kappa shape index (κ3) is 2.54. The Kier molecular flexibility index (Phi) is 4.68. The highest BCUT2D eigenvalue weighted by Gasteiger charge is 2.71. The van der Waals surface area contributed by atoms with Crippen LogP contribution in [-0.4, -0.2) is 40.3 Å². The molecule has 2 fully saturated rings. The molecule has 5 rings (SSSR count). The normalized spacial score (nSPS) is 47.3. The minimum absolute atomic E-state index is 0.0679. The number of allylic oxidation sites excluding steroid dienone is 2. The molecule has 9 unspecified atom stereocenters. The third-order valence-electron chi connectivity index (χ3n) is 9.49. The van der Waals surface area contributed by atoms with Crippen LogP contribution in [0.4, 0.5) is 0 Å². The van der Waals surface area contributed by atoms with Gasteiger partial charge in [0.1, 0.15) is 6.10 Å². The molecule has 6 nitrogen and oxygen atoms in total. The monoisotopic (exact) mass is 440 g/mol. The van der Waals surface area contributed by atoms with Crippen LogP contribution in [0.25, 0.3) is 0 Å². The van der Waals surface area contributed by atoms with Gasteiger partial charge in [-0.2, -0.15) is 0 Å². The second-order valence-corrected chi connectivity index (χ2v) is 10.8. The van der Waals surface area contributed by atoms with Crippen LogP contribution >= 0.6 is 0 Å². The third-order valence-corrected chi connectivity index (χ3v) is 9.49. The summed E-state index contributed by atoms with van der Waals surface area (Å²) in [6.45, 7) is 7.47. The van der Waals surface area contributed by atoms with Crippen LogP contribution in [0.15, 0.2) is 46.8 Å². The van der Waals surface area contributed by atoms with Crippen molar-refractivity contribution in [2.75, 3.05) is 0 Å². The summed E-state index contributed by atoms with van der Waals surface area (Å²) in [5.41, 5.74) is 0.366. The second kappa shape index (κ2) is 6.91. The van der Waals surface area contributed by atoms with E-state index < -0.39 is 41.0 Å². The molecule has 0 amide bonds. The lowest BCUT2D eigenvalue weighted by Gasteiger charge is -2.65. The van der Waals surface area contributed by atoms with Crippen molar-refractivity contribution < 1.29 is 29.0 Å². The maximum atomic E-state index is 13.4. The van der Waals surface area contributed by atoms with Crippen LogP contribution in [0.5, 0.6) is 0 Å². The summed E-state index contributed by atoms with van der Waals surface area (Å²) in [7, 11) is 0. The molecule has 0 bridgehead atoms. The minimum Gasteiger partial charge on any atom is -0.472 e. The molecule has 6 heteroatoms. The van der Waals surface area contributed by atoms with Gasteiger partial charge in [-0.25, -0.2) is 0 Å². The Morgan fingerprint density at radius 3 is 2.62 bits per heavy atom. The molecule has 0 saturated heterocycles. The van der Waals surface area contributed by atoms with Crippen LogP contribution in [0.3, 0.4) is 0 Å². The number of hydrogen-bond donors (Lipinski definition) is 2. The molecule has 172 valence electrons. The van der Waals surface area contributed by atoms with Gasteiger partial charge in [0, 0.05) is 23.7 Å². The first-order valence-electron chi connectivity index (χ1n) is 11.6. The number of furan rings is 1. The van der Waals surface area contributed by atoms with Crippen molar-refractivity contribution in [1.29, 1.82) is 0 Å². The molecular formula is C26H32O6. The van der Waals surface area contributed by atoms with Crippen molar-refractivity contribution in [2.24, 2.45) is 28.1 Å². The van der Waals surface area contributed by atoms with E-state index in [-0.39, 0.29) is 23.0 Å². The Morgan fingerprint density at radius 1 is 1.22 bits per heavy atom. The summed E-state index contributed by atoms with van der Waals surface area (Å²) < 4.78 is 10.9. The zero-order chi connectivity index (χ0) is 23.1. The lowest BCUT2D eigenvalue weighted by molar-refractivity contribution is -0.223. The molecule has 2 N–H and O–H groups in total. The van der Waals surface area contributed by atoms with Crippen LogP contribution < -0.4 is 0 Å². The van der Waals surface area contributed by atoms with E-state index in [0.29, 0.717) is 0 Å². The standard InChI is InChI=1S/C26H32O6/c1-14(27)32-17-6-8-20(28)26(4)19-9-11-24(2)16(15-10-12-31-13-15)5-7-18(24)25(19,3)23(30)22(29)21(17)26/h6-8,10,12-13,16-17,19,21-23,29-30H,5,9,11H2,1-4H3. The Morgan fingerprint density at radius 2 is 1.97 bits per heavy atom. The Balaban J connectivity index is 1.61. The fraction of sp³-hybridized carbons (Fsp3) is 0.615. The molecule has 0 aromatic carbocycles. The summed E-state index contributed by atoms with van der Waals surface area (Å²) in [5, 5.41) is 23.0. The number of hydrogen-bond acceptors (Lipinski definition) is 6. The highest BCUT2D eigenvalue weighted by atomic mass is 16.5. The topological polar surface area (TPSA) is 97.0 Å². The molecule has 32 heavy (non-hydrogen) atoms. The van der Waals surface area contributed by atoms with Crippen LogP contribution in [0.2, 0.25) is 0 Å². The molecule has 0 spiro atoms. The van der Waals surface area contributed by atoms with E-state index in [9.17, 15) is 19.8 Å². The molecule has 4 aliphatic carbocycles. The highest BCUT2D eigenvalue weighted by Crippen LogP contribution is 2.71.